The van der Waals surface area contributed by atoms with Crippen molar-refractivity contribution in [2.45, 2.75) is 12.5 Å². The molecule has 12 heavy (non-hydrogen) atoms. The van der Waals surface area contributed by atoms with Gasteiger partial charge in [0.05, 0.1) is 6.10 Å². The fourth-order valence-electron chi connectivity index (χ4n) is 1.53. The molecule has 0 amide bonds. The quantitative estimate of drug-likeness (QED) is 0.662. The van der Waals surface area contributed by atoms with Crippen molar-refractivity contribution in [3.63, 3.8) is 0 Å². The first-order valence-corrected chi connectivity index (χ1v) is 4.19. The summed E-state index contributed by atoms with van der Waals surface area (Å²) in [6, 6.07) is 3.94. The van der Waals surface area contributed by atoms with Crippen molar-refractivity contribution in [2.75, 3.05) is 18.0 Å². The molecule has 0 bridgehead atoms. The van der Waals surface area contributed by atoms with E-state index < -0.39 is 0 Å². The molecule has 1 N–H and O–H groups in total. The van der Waals surface area contributed by atoms with Gasteiger partial charge in [-0.2, -0.15) is 0 Å². The molecule has 0 aromatic carbocycles. The fourth-order valence-corrected chi connectivity index (χ4v) is 1.53. The van der Waals surface area contributed by atoms with Crippen LogP contribution in [0.3, 0.4) is 0 Å². The minimum atomic E-state index is -0.154. The van der Waals surface area contributed by atoms with Gasteiger partial charge in [0.25, 0.3) is 0 Å². The van der Waals surface area contributed by atoms with Crippen LogP contribution in [0.4, 0.5) is 5.69 Å². The van der Waals surface area contributed by atoms with Crippen LogP contribution in [0, 0.1) is 0 Å². The average Bonchev–Trinajstić information content (AvgIpc) is 2.54. The number of β-amino-alcohol motifs (C(OH)–C–C–N with tert-alkyl or cyclic N) is 1. The monoisotopic (exact) mass is 164 g/mol. The molecule has 0 saturated carbocycles. The molecule has 0 radical (unpaired) electrons. The summed E-state index contributed by atoms with van der Waals surface area (Å²) >= 11 is 0. The molecule has 0 unspecified atom stereocenters. The zero-order valence-electron chi connectivity index (χ0n) is 6.85. The predicted molar refractivity (Wildman–Crippen MR) is 47.1 cm³/mol. The van der Waals surface area contributed by atoms with Gasteiger partial charge in [-0.25, -0.2) is 0 Å². The highest BCUT2D eigenvalue weighted by atomic mass is 16.3. The summed E-state index contributed by atoms with van der Waals surface area (Å²) in [6.07, 6.45) is 4.28. The molecule has 1 aromatic heterocycles. The van der Waals surface area contributed by atoms with Gasteiger partial charge in [-0.3, -0.25) is 4.98 Å². The van der Waals surface area contributed by atoms with E-state index in [2.05, 4.69) is 9.88 Å². The number of hydrogen-bond acceptors (Lipinski definition) is 3. The van der Waals surface area contributed by atoms with Gasteiger partial charge in [-0.1, -0.05) is 0 Å². The largest absolute Gasteiger partial charge is 0.391 e. The maximum Gasteiger partial charge on any atom is 0.0731 e. The second kappa shape index (κ2) is 3.11. The van der Waals surface area contributed by atoms with E-state index in [0.717, 1.165) is 25.2 Å². The second-order valence-electron chi connectivity index (χ2n) is 3.09. The zero-order valence-corrected chi connectivity index (χ0v) is 6.85. The molecule has 1 aliphatic heterocycles. The molecule has 2 heterocycles. The molecule has 1 aliphatic rings. The van der Waals surface area contributed by atoms with Crippen molar-refractivity contribution in [3.05, 3.63) is 24.5 Å². The molecule has 1 aromatic rings. The van der Waals surface area contributed by atoms with E-state index >= 15 is 0 Å². The Labute approximate surface area is 71.7 Å². The summed E-state index contributed by atoms with van der Waals surface area (Å²) in [5.41, 5.74) is 1.15. The van der Waals surface area contributed by atoms with Crippen LogP contribution in [0.15, 0.2) is 24.5 Å². The molecule has 1 fully saturated rings. The second-order valence-corrected chi connectivity index (χ2v) is 3.09. The van der Waals surface area contributed by atoms with Gasteiger partial charge in [0.2, 0.25) is 0 Å². The van der Waals surface area contributed by atoms with E-state index in [1.807, 2.05) is 12.1 Å². The Hall–Kier alpha value is -1.09. The van der Waals surface area contributed by atoms with Gasteiger partial charge in [0.1, 0.15) is 0 Å². The number of anilines is 1. The van der Waals surface area contributed by atoms with E-state index in [-0.39, 0.29) is 6.10 Å². The Morgan fingerprint density at radius 2 is 2.17 bits per heavy atom. The molecule has 3 nitrogen and oxygen atoms in total. The highest BCUT2D eigenvalue weighted by Crippen LogP contribution is 2.18. The predicted octanol–water partition coefficient (Wildman–Crippen LogP) is 0.653. The van der Waals surface area contributed by atoms with Crippen molar-refractivity contribution >= 4 is 5.69 Å². The molecule has 64 valence electrons. The normalized spacial score (nSPS) is 23.1. The number of aliphatic hydroxyl groups excluding tert-OH is 1. The van der Waals surface area contributed by atoms with E-state index in [4.69, 9.17) is 0 Å². The minimum absolute atomic E-state index is 0.154. The standard InChI is InChI=1S/C9H12N2O/c12-9-3-6-11(7-9)8-1-4-10-5-2-8/h1-2,4-5,9,12H,3,6-7H2/t9-/m1/s1. The van der Waals surface area contributed by atoms with Crippen molar-refractivity contribution < 1.29 is 5.11 Å². The number of hydrogen-bond donors (Lipinski definition) is 1. The number of aromatic nitrogens is 1. The van der Waals surface area contributed by atoms with Gasteiger partial charge < -0.3 is 10.0 Å². The van der Waals surface area contributed by atoms with Crippen LogP contribution in [0.5, 0.6) is 0 Å². The van der Waals surface area contributed by atoms with Crippen LogP contribution < -0.4 is 4.90 Å². The Morgan fingerprint density at radius 1 is 1.42 bits per heavy atom. The third kappa shape index (κ3) is 1.41. The van der Waals surface area contributed by atoms with Gasteiger partial charge in [-0.05, 0) is 18.6 Å². The van der Waals surface area contributed by atoms with E-state index in [1.54, 1.807) is 12.4 Å². The number of nitrogens with zero attached hydrogens (tertiary/aromatic N) is 2. The lowest BCUT2D eigenvalue weighted by atomic mass is 10.3. The fraction of sp³-hybridized carbons (Fsp3) is 0.444. The first kappa shape index (κ1) is 7.55. The number of aliphatic hydroxyl groups is 1. The summed E-state index contributed by atoms with van der Waals surface area (Å²) in [7, 11) is 0. The van der Waals surface area contributed by atoms with Gasteiger partial charge >= 0.3 is 0 Å². The van der Waals surface area contributed by atoms with Crippen LogP contribution in [-0.4, -0.2) is 29.3 Å². The van der Waals surface area contributed by atoms with Crippen LogP contribution in [0.2, 0.25) is 0 Å². The maximum atomic E-state index is 9.30. The molecular formula is C9H12N2O. The lowest BCUT2D eigenvalue weighted by Crippen LogP contribution is -2.20. The van der Waals surface area contributed by atoms with E-state index in [0.29, 0.717) is 0 Å². The Kier molecular flexibility index (Phi) is 1.96. The molecule has 1 atom stereocenters. The van der Waals surface area contributed by atoms with Crippen molar-refractivity contribution in [3.8, 4) is 0 Å². The summed E-state index contributed by atoms with van der Waals surface area (Å²) in [5.74, 6) is 0. The maximum absolute atomic E-state index is 9.30. The molecule has 2 rings (SSSR count). The summed E-state index contributed by atoms with van der Waals surface area (Å²) in [5, 5.41) is 9.30. The van der Waals surface area contributed by atoms with Crippen molar-refractivity contribution in [2.24, 2.45) is 0 Å². The first-order valence-electron chi connectivity index (χ1n) is 4.19. The highest BCUT2D eigenvalue weighted by Gasteiger charge is 2.19. The SMILES string of the molecule is O[C@@H]1CCN(c2ccncc2)C1. The Bertz CT molecular complexity index is 250. The van der Waals surface area contributed by atoms with Crippen LogP contribution in [0.1, 0.15) is 6.42 Å². The zero-order chi connectivity index (χ0) is 8.39. The van der Waals surface area contributed by atoms with Crippen LogP contribution in [-0.2, 0) is 0 Å². The van der Waals surface area contributed by atoms with Gasteiger partial charge in [-0.15, -0.1) is 0 Å². The molecule has 0 spiro atoms. The van der Waals surface area contributed by atoms with Crippen LogP contribution in [0.25, 0.3) is 0 Å². The number of rotatable bonds is 1. The topological polar surface area (TPSA) is 36.4 Å². The molecular weight excluding hydrogens is 152 g/mol. The third-order valence-corrected chi connectivity index (χ3v) is 2.19. The molecule has 3 heteroatoms. The third-order valence-electron chi connectivity index (χ3n) is 2.19. The first-order chi connectivity index (χ1) is 5.86. The smallest absolute Gasteiger partial charge is 0.0731 e. The Morgan fingerprint density at radius 3 is 2.75 bits per heavy atom. The molecule has 1 saturated heterocycles. The van der Waals surface area contributed by atoms with E-state index in [9.17, 15) is 5.11 Å². The lowest BCUT2D eigenvalue weighted by molar-refractivity contribution is 0.198. The lowest BCUT2D eigenvalue weighted by Gasteiger charge is -2.16. The Balaban J connectivity index is 2.11. The summed E-state index contributed by atoms with van der Waals surface area (Å²) in [6.45, 7) is 1.70. The van der Waals surface area contributed by atoms with Crippen molar-refractivity contribution in [1.29, 1.82) is 0 Å². The highest BCUT2D eigenvalue weighted by molar-refractivity contribution is 5.45. The van der Waals surface area contributed by atoms with E-state index in [1.165, 1.54) is 0 Å². The summed E-state index contributed by atoms with van der Waals surface area (Å²) in [4.78, 5) is 6.12. The van der Waals surface area contributed by atoms with Crippen molar-refractivity contribution in [1.82, 2.24) is 4.98 Å². The average molecular weight is 164 g/mol. The minimum Gasteiger partial charge on any atom is -0.391 e. The summed E-state index contributed by atoms with van der Waals surface area (Å²) < 4.78 is 0. The van der Waals surface area contributed by atoms with Gasteiger partial charge in [0, 0.05) is 31.2 Å². The molecule has 0 aliphatic carbocycles. The van der Waals surface area contributed by atoms with Crippen LogP contribution >= 0.6 is 0 Å². The number of pyridine rings is 1. The van der Waals surface area contributed by atoms with Gasteiger partial charge in [0.15, 0.2) is 0 Å².